The normalized spacial score (nSPS) is 10.3. The molecule has 2 N–H and O–H groups in total. The molecule has 0 unspecified atom stereocenters. The van der Waals surface area contributed by atoms with Gasteiger partial charge in [0.25, 0.3) is 0 Å². The molecule has 6 nitrogen and oxygen atoms in total. The van der Waals surface area contributed by atoms with Crippen LogP contribution in [0.15, 0.2) is 59.1 Å². The van der Waals surface area contributed by atoms with Crippen LogP contribution in [0.3, 0.4) is 0 Å². The van der Waals surface area contributed by atoms with Crippen molar-refractivity contribution in [3.05, 3.63) is 60.5 Å². The Hall–Kier alpha value is -2.93. The average Bonchev–Trinajstić information content (AvgIpc) is 3.12. The minimum absolute atomic E-state index is 0.350. The molecule has 128 valence electrons. The molecule has 3 rings (SSSR count). The lowest BCUT2D eigenvalue weighted by Crippen LogP contribution is -2.27. The molecule has 1 aromatic heterocycles. The van der Waals surface area contributed by atoms with E-state index in [0.717, 1.165) is 17.0 Å². The predicted molar refractivity (Wildman–Crippen MR) is 100 cm³/mol. The van der Waals surface area contributed by atoms with Crippen LogP contribution in [0.25, 0.3) is 11.4 Å². The fraction of sp³-hybridized carbons (Fsp3) is 0.167. The van der Waals surface area contributed by atoms with Crippen LogP contribution in [0.5, 0.6) is 5.75 Å². The van der Waals surface area contributed by atoms with Crippen molar-refractivity contribution in [2.24, 2.45) is 0 Å². The first kappa shape index (κ1) is 16.9. The van der Waals surface area contributed by atoms with Crippen LogP contribution in [0.1, 0.15) is 12.8 Å². The maximum absolute atomic E-state index is 5.41. The molecule has 0 aliphatic carbocycles. The van der Waals surface area contributed by atoms with Gasteiger partial charge in [0.05, 0.1) is 13.2 Å². The standard InChI is InChI=1S/C18H18N4O2S/c1-2-23-15-10-8-14(9-11-15)20-18(25)19-12-16-21-17(22-24-16)13-6-4-3-5-7-13/h3-11H,2,12H2,1H3,(H2,19,20,25). The van der Waals surface area contributed by atoms with E-state index >= 15 is 0 Å². The molecule has 0 radical (unpaired) electrons. The molecule has 0 spiro atoms. The first-order chi connectivity index (χ1) is 12.2. The molecule has 25 heavy (non-hydrogen) atoms. The molecule has 7 heteroatoms. The fourth-order valence-corrected chi connectivity index (χ4v) is 2.35. The number of aromatic nitrogens is 2. The Morgan fingerprint density at radius 1 is 1.12 bits per heavy atom. The third kappa shape index (κ3) is 4.77. The summed E-state index contributed by atoms with van der Waals surface area (Å²) in [5.41, 5.74) is 1.78. The molecule has 3 aromatic rings. The molecule has 2 aromatic carbocycles. The van der Waals surface area contributed by atoms with Crippen molar-refractivity contribution in [2.75, 3.05) is 11.9 Å². The van der Waals surface area contributed by atoms with E-state index in [2.05, 4.69) is 20.8 Å². The monoisotopic (exact) mass is 354 g/mol. The van der Waals surface area contributed by atoms with Crippen molar-refractivity contribution in [1.29, 1.82) is 0 Å². The van der Waals surface area contributed by atoms with Gasteiger partial charge >= 0.3 is 0 Å². The topological polar surface area (TPSA) is 72.2 Å². The Morgan fingerprint density at radius 3 is 2.60 bits per heavy atom. The van der Waals surface area contributed by atoms with Gasteiger partial charge in [-0.3, -0.25) is 0 Å². The Labute approximate surface area is 151 Å². The zero-order valence-electron chi connectivity index (χ0n) is 13.7. The van der Waals surface area contributed by atoms with E-state index in [0.29, 0.717) is 30.0 Å². The molecular formula is C18H18N4O2S. The zero-order chi connectivity index (χ0) is 17.5. The van der Waals surface area contributed by atoms with Gasteiger partial charge in [-0.1, -0.05) is 35.5 Å². The number of rotatable bonds is 6. The van der Waals surface area contributed by atoms with Gasteiger partial charge in [0.2, 0.25) is 11.7 Å². The molecule has 0 fully saturated rings. The Kier molecular flexibility index (Phi) is 5.58. The third-order valence-electron chi connectivity index (χ3n) is 3.32. The second kappa shape index (κ2) is 8.25. The van der Waals surface area contributed by atoms with E-state index < -0.39 is 0 Å². The van der Waals surface area contributed by atoms with E-state index in [1.807, 2.05) is 61.5 Å². The highest BCUT2D eigenvalue weighted by molar-refractivity contribution is 7.80. The van der Waals surface area contributed by atoms with Crippen molar-refractivity contribution in [3.8, 4) is 17.1 Å². The van der Waals surface area contributed by atoms with Gasteiger partial charge in [-0.25, -0.2) is 0 Å². The summed E-state index contributed by atoms with van der Waals surface area (Å²) in [6, 6.07) is 17.2. The van der Waals surface area contributed by atoms with E-state index in [4.69, 9.17) is 21.5 Å². The summed E-state index contributed by atoms with van der Waals surface area (Å²) in [7, 11) is 0. The summed E-state index contributed by atoms with van der Waals surface area (Å²) in [6.07, 6.45) is 0. The van der Waals surface area contributed by atoms with E-state index in [-0.39, 0.29) is 0 Å². The number of nitrogens with one attached hydrogen (secondary N) is 2. The van der Waals surface area contributed by atoms with Crippen LogP contribution in [0.4, 0.5) is 5.69 Å². The van der Waals surface area contributed by atoms with Crippen LogP contribution >= 0.6 is 12.2 Å². The molecular weight excluding hydrogens is 336 g/mol. The molecule has 0 amide bonds. The maximum Gasteiger partial charge on any atom is 0.246 e. The van der Waals surface area contributed by atoms with Crippen molar-refractivity contribution >= 4 is 23.0 Å². The van der Waals surface area contributed by atoms with E-state index in [1.165, 1.54) is 0 Å². The summed E-state index contributed by atoms with van der Waals surface area (Å²) < 4.78 is 10.6. The van der Waals surface area contributed by atoms with Gasteiger partial charge in [0.15, 0.2) is 5.11 Å². The number of anilines is 1. The largest absolute Gasteiger partial charge is 0.494 e. The zero-order valence-corrected chi connectivity index (χ0v) is 14.5. The van der Waals surface area contributed by atoms with Crippen molar-refractivity contribution in [1.82, 2.24) is 15.5 Å². The van der Waals surface area contributed by atoms with E-state index in [1.54, 1.807) is 0 Å². The van der Waals surface area contributed by atoms with E-state index in [9.17, 15) is 0 Å². The predicted octanol–water partition coefficient (Wildman–Crippen LogP) is 3.62. The van der Waals surface area contributed by atoms with Gasteiger partial charge < -0.3 is 19.9 Å². The number of hydrogen-bond acceptors (Lipinski definition) is 5. The van der Waals surface area contributed by atoms with Gasteiger partial charge in [-0.05, 0) is 43.4 Å². The fourth-order valence-electron chi connectivity index (χ4n) is 2.16. The lowest BCUT2D eigenvalue weighted by Gasteiger charge is -2.09. The second-order valence-electron chi connectivity index (χ2n) is 5.14. The second-order valence-corrected chi connectivity index (χ2v) is 5.55. The van der Waals surface area contributed by atoms with Crippen molar-refractivity contribution < 1.29 is 9.26 Å². The molecule has 0 aliphatic rings. The van der Waals surface area contributed by atoms with Crippen LogP contribution in [0.2, 0.25) is 0 Å². The van der Waals surface area contributed by atoms with Crippen LogP contribution in [-0.4, -0.2) is 21.9 Å². The number of ether oxygens (including phenoxy) is 1. The third-order valence-corrected chi connectivity index (χ3v) is 3.57. The smallest absolute Gasteiger partial charge is 0.246 e. The van der Waals surface area contributed by atoms with Crippen LogP contribution in [-0.2, 0) is 6.54 Å². The lowest BCUT2D eigenvalue weighted by atomic mass is 10.2. The highest BCUT2D eigenvalue weighted by Crippen LogP contribution is 2.16. The van der Waals surface area contributed by atoms with Gasteiger partial charge in [0.1, 0.15) is 5.75 Å². The Balaban J connectivity index is 1.51. The number of thiocarbonyl (C=S) groups is 1. The molecule has 0 bridgehead atoms. The molecule has 0 atom stereocenters. The molecule has 0 saturated carbocycles. The average molecular weight is 354 g/mol. The minimum Gasteiger partial charge on any atom is -0.494 e. The minimum atomic E-state index is 0.350. The van der Waals surface area contributed by atoms with Gasteiger partial charge in [-0.15, -0.1) is 0 Å². The summed E-state index contributed by atoms with van der Waals surface area (Å²) in [4.78, 5) is 4.35. The van der Waals surface area contributed by atoms with Gasteiger partial charge in [0, 0.05) is 11.3 Å². The lowest BCUT2D eigenvalue weighted by molar-refractivity contribution is 0.340. The van der Waals surface area contributed by atoms with Crippen LogP contribution in [0, 0.1) is 0 Å². The number of nitrogens with zero attached hydrogens (tertiary/aromatic N) is 2. The quantitative estimate of drug-likeness (QED) is 0.655. The number of benzene rings is 2. The Bertz CT molecular complexity index is 819. The number of hydrogen-bond donors (Lipinski definition) is 2. The van der Waals surface area contributed by atoms with Gasteiger partial charge in [-0.2, -0.15) is 4.98 Å². The first-order valence-corrected chi connectivity index (χ1v) is 8.31. The van der Waals surface area contributed by atoms with Crippen molar-refractivity contribution in [2.45, 2.75) is 13.5 Å². The first-order valence-electron chi connectivity index (χ1n) is 7.90. The Morgan fingerprint density at radius 2 is 1.88 bits per heavy atom. The SMILES string of the molecule is CCOc1ccc(NC(=S)NCc2nc(-c3ccccc3)no2)cc1. The highest BCUT2D eigenvalue weighted by atomic mass is 32.1. The summed E-state index contributed by atoms with van der Waals surface area (Å²) in [5, 5.41) is 10.6. The summed E-state index contributed by atoms with van der Waals surface area (Å²) >= 11 is 5.28. The summed E-state index contributed by atoms with van der Waals surface area (Å²) in [5.74, 6) is 1.85. The molecule has 1 heterocycles. The van der Waals surface area contributed by atoms with Crippen molar-refractivity contribution in [3.63, 3.8) is 0 Å². The molecule has 0 aliphatic heterocycles. The molecule has 0 saturated heterocycles. The summed E-state index contributed by atoms with van der Waals surface area (Å²) in [6.45, 7) is 2.94. The maximum atomic E-state index is 5.41. The van der Waals surface area contributed by atoms with Crippen LogP contribution < -0.4 is 15.4 Å². The highest BCUT2D eigenvalue weighted by Gasteiger charge is 2.08.